The quantitative estimate of drug-likeness (QED) is 0.845. The summed E-state index contributed by atoms with van der Waals surface area (Å²) in [6, 6.07) is 7.16. The van der Waals surface area contributed by atoms with Crippen molar-refractivity contribution < 1.29 is 14.6 Å². The van der Waals surface area contributed by atoms with Gasteiger partial charge >= 0.3 is 0 Å². The molecular formula is C17H22N2O3S. The fraction of sp³-hybridized carbons (Fsp3) is 0.412. The first-order valence-corrected chi connectivity index (χ1v) is 8.45. The van der Waals surface area contributed by atoms with Crippen molar-refractivity contribution in [1.82, 2.24) is 9.88 Å². The number of aliphatic hydroxyl groups is 1. The van der Waals surface area contributed by atoms with Crippen LogP contribution >= 0.6 is 11.3 Å². The molecule has 124 valence electrons. The second-order valence-electron chi connectivity index (χ2n) is 5.90. The predicted octanol–water partition coefficient (Wildman–Crippen LogP) is 2.96. The molecule has 23 heavy (non-hydrogen) atoms. The molecule has 2 aromatic rings. The van der Waals surface area contributed by atoms with Crippen molar-refractivity contribution in [2.24, 2.45) is 0 Å². The van der Waals surface area contributed by atoms with Crippen LogP contribution in [-0.2, 0) is 6.61 Å². The van der Waals surface area contributed by atoms with E-state index in [-0.39, 0.29) is 12.5 Å². The van der Waals surface area contributed by atoms with Crippen LogP contribution in [0.25, 0.3) is 0 Å². The van der Waals surface area contributed by atoms with E-state index in [1.165, 1.54) is 11.3 Å². The fourth-order valence-corrected chi connectivity index (χ4v) is 2.74. The van der Waals surface area contributed by atoms with Crippen molar-refractivity contribution >= 4 is 17.2 Å². The Morgan fingerprint density at radius 3 is 2.74 bits per heavy atom. The largest absolute Gasteiger partial charge is 0.486 e. The van der Waals surface area contributed by atoms with E-state index in [4.69, 9.17) is 4.74 Å². The molecule has 5 nitrogen and oxygen atoms in total. The summed E-state index contributed by atoms with van der Waals surface area (Å²) < 4.78 is 5.76. The number of likely N-dealkylation sites (N-methyl/N-ethyl adjacent to an activating group) is 1. The number of carbonyl (C=O) groups excluding carboxylic acids is 1. The van der Waals surface area contributed by atoms with E-state index >= 15 is 0 Å². The van der Waals surface area contributed by atoms with Crippen LogP contribution < -0.4 is 4.74 Å². The molecule has 1 heterocycles. The van der Waals surface area contributed by atoms with Crippen molar-refractivity contribution in [3.05, 3.63) is 46.4 Å². The maximum absolute atomic E-state index is 12.8. The molecule has 0 aliphatic heterocycles. The first-order valence-electron chi connectivity index (χ1n) is 7.51. The van der Waals surface area contributed by atoms with Gasteiger partial charge in [-0.25, -0.2) is 4.98 Å². The number of amides is 1. The number of benzene rings is 1. The highest BCUT2D eigenvalue weighted by atomic mass is 32.1. The fourth-order valence-electron chi connectivity index (χ4n) is 2.19. The SMILES string of the molecule is CCN(CC(C)(C)O)C(=O)c1ccccc1OCc1cscn1. The van der Waals surface area contributed by atoms with Gasteiger partial charge < -0.3 is 14.7 Å². The first kappa shape index (κ1) is 17.4. The van der Waals surface area contributed by atoms with Crippen molar-refractivity contribution in [2.45, 2.75) is 33.0 Å². The number of aromatic nitrogens is 1. The molecule has 0 spiro atoms. The van der Waals surface area contributed by atoms with E-state index < -0.39 is 5.60 Å². The van der Waals surface area contributed by atoms with Crippen LogP contribution in [-0.4, -0.2) is 39.6 Å². The summed E-state index contributed by atoms with van der Waals surface area (Å²) in [5.74, 6) is 0.378. The highest BCUT2D eigenvalue weighted by Gasteiger charge is 2.24. The van der Waals surface area contributed by atoms with Crippen LogP contribution in [0.3, 0.4) is 0 Å². The molecule has 0 radical (unpaired) electrons. The number of para-hydroxylation sites is 1. The lowest BCUT2D eigenvalue weighted by Crippen LogP contribution is -2.42. The van der Waals surface area contributed by atoms with Gasteiger partial charge in [-0.3, -0.25) is 4.79 Å². The van der Waals surface area contributed by atoms with Gasteiger partial charge in [-0.2, -0.15) is 0 Å². The van der Waals surface area contributed by atoms with Gasteiger partial charge in [0.15, 0.2) is 0 Å². The Kier molecular flexibility index (Phi) is 5.74. The summed E-state index contributed by atoms with van der Waals surface area (Å²) in [7, 11) is 0. The Morgan fingerprint density at radius 1 is 1.39 bits per heavy atom. The summed E-state index contributed by atoms with van der Waals surface area (Å²) in [6.07, 6.45) is 0. The summed E-state index contributed by atoms with van der Waals surface area (Å²) in [4.78, 5) is 18.5. The van der Waals surface area contributed by atoms with Gasteiger partial charge in [0.25, 0.3) is 5.91 Å². The van der Waals surface area contributed by atoms with Crippen molar-refractivity contribution in [1.29, 1.82) is 0 Å². The zero-order valence-corrected chi connectivity index (χ0v) is 14.5. The maximum atomic E-state index is 12.8. The topological polar surface area (TPSA) is 62.7 Å². The third kappa shape index (κ3) is 5.04. The summed E-state index contributed by atoms with van der Waals surface area (Å²) >= 11 is 1.51. The normalized spacial score (nSPS) is 11.3. The summed E-state index contributed by atoms with van der Waals surface area (Å²) in [5.41, 5.74) is 2.13. The zero-order valence-electron chi connectivity index (χ0n) is 13.7. The minimum absolute atomic E-state index is 0.150. The molecule has 0 atom stereocenters. The highest BCUT2D eigenvalue weighted by Crippen LogP contribution is 2.22. The molecule has 0 aliphatic carbocycles. The van der Waals surface area contributed by atoms with Crippen LogP contribution in [0.4, 0.5) is 0 Å². The average Bonchev–Trinajstić information content (AvgIpc) is 3.03. The van der Waals surface area contributed by atoms with Crippen LogP contribution in [0.2, 0.25) is 0 Å². The van der Waals surface area contributed by atoms with Crippen molar-refractivity contribution in [3.63, 3.8) is 0 Å². The minimum atomic E-state index is -0.942. The number of ether oxygens (including phenoxy) is 1. The number of carbonyl (C=O) groups is 1. The van der Waals surface area contributed by atoms with Gasteiger partial charge in [-0.05, 0) is 32.9 Å². The number of rotatable bonds is 7. The number of hydrogen-bond donors (Lipinski definition) is 1. The minimum Gasteiger partial charge on any atom is -0.486 e. The van der Waals surface area contributed by atoms with Crippen molar-refractivity contribution in [2.75, 3.05) is 13.1 Å². The van der Waals surface area contributed by atoms with Gasteiger partial charge in [0.1, 0.15) is 12.4 Å². The van der Waals surface area contributed by atoms with Crippen LogP contribution in [0.5, 0.6) is 5.75 Å². The van der Waals surface area contributed by atoms with Crippen molar-refractivity contribution in [3.8, 4) is 5.75 Å². The molecular weight excluding hydrogens is 312 g/mol. The molecule has 0 bridgehead atoms. The molecule has 6 heteroatoms. The van der Waals surface area contributed by atoms with Gasteiger partial charge in [0, 0.05) is 18.5 Å². The molecule has 1 amide bonds. The van der Waals surface area contributed by atoms with Crippen LogP contribution in [0.1, 0.15) is 36.8 Å². The van der Waals surface area contributed by atoms with Gasteiger partial charge in [0.05, 0.1) is 22.4 Å². The lowest BCUT2D eigenvalue weighted by molar-refractivity contribution is 0.0312. The number of thiazole rings is 1. The standard InChI is InChI=1S/C17H22N2O3S/c1-4-19(11-17(2,3)21)16(20)14-7-5-6-8-15(14)22-9-13-10-23-12-18-13/h5-8,10,12,21H,4,9,11H2,1-3H3. The Morgan fingerprint density at radius 2 is 2.13 bits per heavy atom. The number of hydrogen-bond acceptors (Lipinski definition) is 5. The lowest BCUT2D eigenvalue weighted by atomic mass is 10.1. The van der Waals surface area contributed by atoms with Crippen LogP contribution in [0.15, 0.2) is 35.2 Å². The second-order valence-corrected chi connectivity index (χ2v) is 6.62. The third-order valence-corrected chi connectivity index (χ3v) is 3.86. The predicted molar refractivity (Wildman–Crippen MR) is 90.8 cm³/mol. The first-order chi connectivity index (χ1) is 10.9. The Balaban J connectivity index is 2.16. The lowest BCUT2D eigenvalue weighted by Gasteiger charge is -2.28. The zero-order chi connectivity index (χ0) is 16.9. The van der Waals surface area contributed by atoms with E-state index in [0.29, 0.717) is 24.5 Å². The van der Waals surface area contributed by atoms with Gasteiger partial charge in [0.2, 0.25) is 0 Å². The molecule has 0 aliphatic rings. The summed E-state index contributed by atoms with van der Waals surface area (Å²) in [6.45, 7) is 6.38. The van der Waals surface area contributed by atoms with Gasteiger partial charge in [-0.1, -0.05) is 12.1 Å². The molecule has 2 rings (SSSR count). The van der Waals surface area contributed by atoms with Gasteiger partial charge in [-0.15, -0.1) is 11.3 Å². The molecule has 0 fully saturated rings. The number of nitrogens with zero attached hydrogens (tertiary/aromatic N) is 2. The Bertz CT molecular complexity index is 636. The smallest absolute Gasteiger partial charge is 0.257 e. The second kappa shape index (κ2) is 7.57. The van der Waals surface area contributed by atoms with E-state index in [2.05, 4.69) is 4.98 Å². The molecule has 0 saturated carbocycles. The molecule has 1 N–H and O–H groups in total. The molecule has 0 saturated heterocycles. The Hall–Kier alpha value is -1.92. The summed E-state index contributed by atoms with van der Waals surface area (Å²) in [5, 5.41) is 11.9. The molecule has 1 aromatic heterocycles. The molecule has 1 aromatic carbocycles. The monoisotopic (exact) mass is 334 g/mol. The third-order valence-electron chi connectivity index (χ3n) is 3.22. The van der Waals surface area contributed by atoms with Crippen LogP contribution in [0, 0.1) is 0 Å². The molecule has 0 unspecified atom stereocenters. The van der Waals surface area contributed by atoms with E-state index in [1.807, 2.05) is 18.4 Å². The highest BCUT2D eigenvalue weighted by molar-refractivity contribution is 7.07. The van der Waals surface area contributed by atoms with E-state index in [0.717, 1.165) is 5.69 Å². The van der Waals surface area contributed by atoms with E-state index in [9.17, 15) is 9.90 Å². The maximum Gasteiger partial charge on any atom is 0.257 e. The Labute approximate surface area is 140 Å². The van der Waals surface area contributed by atoms with E-state index in [1.54, 1.807) is 42.5 Å². The average molecular weight is 334 g/mol.